The highest BCUT2D eigenvalue weighted by Crippen LogP contribution is 2.34. The van der Waals surface area contributed by atoms with Crippen LogP contribution < -0.4 is 11.5 Å². The van der Waals surface area contributed by atoms with E-state index in [0.717, 1.165) is 22.3 Å². The second-order valence-corrected chi connectivity index (χ2v) is 6.04. The molecule has 0 aliphatic carbocycles. The molecule has 4 N–H and O–H groups in total. The number of nitrogens with two attached hydrogens (primary N) is 2. The highest BCUT2D eigenvalue weighted by molar-refractivity contribution is 5.76. The number of hydrogen-bond donors (Lipinski definition) is 2. The zero-order valence-corrected chi connectivity index (χ0v) is 14.4. The van der Waals surface area contributed by atoms with Crippen molar-refractivity contribution in [3.63, 3.8) is 0 Å². The van der Waals surface area contributed by atoms with Crippen molar-refractivity contribution in [1.82, 2.24) is 9.97 Å². The molecule has 27 heavy (non-hydrogen) atoms. The van der Waals surface area contributed by atoms with Crippen molar-refractivity contribution in [2.45, 2.75) is 6.29 Å². The first-order chi connectivity index (χ1) is 13.2. The molecule has 1 fully saturated rings. The Kier molecular flexibility index (Phi) is 4.42. The largest absolute Gasteiger partial charge is 0.382 e. The van der Waals surface area contributed by atoms with E-state index in [1.54, 1.807) is 0 Å². The molecule has 4 rings (SSSR count). The Morgan fingerprint density at radius 2 is 1.59 bits per heavy atom. The van der Waals surface area contributed by atoms with Crippen molar-refractivity contribution < 1.29 is 9.47 Å². The Hall–Kier alpha value is -3.47. The molecule has 0 unspecified atom stereocenters. The van der Waals surface area contributed by atoms with E-state index >= 15 is 0 Å². The molecule has 7 heteroatoms. The number of aromatic nitrogens is 2. The van der Waals surface area contributed by atoms with Crippen molar-refractivity contribution in [3.8, 4) is 28.5 Å². The van der Waals surface area contributed by atoms with E-state index in [9.17, 15) is 5.26 Å². The molecule has 0 atom stereocenters. The minimum atomic E-state index is -0.354. The zero-order chi connectivity index (χ0) is 18.8. The number of hydrogen-bond acceptors (Lipinski definition) is 7. The van der Waals surface area contributed by atoms with Crippen LogP contribution in [0, 0.1) is 11.3 Å². The van der Waals surface area contributed by atoms with Crippen molar-refractivity contribution >= 4 is 11.8 Å². The maximum atomic E-state index is 9.36. The summed E-state index contributed by atoms with van der Waals surface area (Å²) in [4.78, 5) is 8.03. The van der Waals surface area contributed by atoms with Gasteiger partial charge < -0.3 is 20.9 Å². The Morgan fingerprint density at radius 3 is 2.30 bits per heavy atom. The van der Waals surface area contributed by atoms with Crippen LogP contribution in [-0.2, 0) is 9.47 Å². The third-order valence-corrected chi connectivity index (χ3v) is 4.37. The molecule has 3 aromatic rings. The minimum Gasteiger partial charge on any atom is -0.382 e. The summed E-state index contributed by atoms with van der Waals surface area (Å²) in [6.45, 7) is 1.18. The SMILES string of the molecule is N#Cc1c(N)nc(N)nc1-c1ccc(-c2ccccc2C2OCCO2)cc1. The monoisotopic (exact) mass is 359 g/mol. The van der Waals surface area contributed by atoms with Crippen LogP contribution in [0.15, 0.2) is 48.5 Å². The molecule has 0 amide bonds. The first-order valence-corrected chi connectivity index (χ1v) is 8.43. The van der Waals surface area contributed by atoms with Gasteiger partial charge in [-0.25, -0.2) is 4.98 Å². The topological polar surface area (TPSA) is 120 Å². The highest BCUT2D eigenvalue weighted by atomic mass is 16.7. The summed E-state index contributed by atoms with van der Waals surface area (Å²) in [6.07, 6.45) is -0.354. The molecule has 0 bridgehead atoms. The lowest BCUT2D eigenvalue weighted by atomic mass is 9.97. The summed E-state index contributed by atoms with van der Waals surface area (Å²) < 4.78 is 11.3. The van der Waals surface area contributed by atoms with Gasteiger partial charge in [0.25, 0.3) is 0 Å². The number of nitriles is 1. The minimum absolute atomic E-state index is 0.0338. The fourth-order valence-corrected chi connectivity index (χ4v) is 3.13. The van der Waals surface area contributed by atoms with E-state index < -0.39 is 0 Å². The molecular weight excluding hydrogens is 342 g/mol. The van der Waals surface area contributed by atoms with Crippen LogP contribution in [0.1, 0.15) is 17.4 Å². The van der Waals surface area contributed by atoms with Gasteiger partial charge in [-0.1, -0.05) is 48.5 Å². The van der Waals surface area contributed by atoms with Crippen LogP contribution in [0.5, 0.6) is 0 Å². The molecule has 1 saturated heterocycles. The van der Waals surface area contributed by atoms with Crippen molar-refractivity contribution in [2.75, 3.05) is 24.7 Å². The molecule has 2 heterocycles. The summed E-state index contributed by atoms with van der Waals surface area (Å²) in [6, 6.07) is 17.7. The van der Waals surface area contributed by atoms with Gasteiger partial charge in [-0.3, -0.25) is 0 Å². The van der Waals surface area contributed by atoms with Crippen LogP contribution >= 0.6 is 0 Å². The number of ether oxygens (including phenoxy) is 2. The molecule has 7 nitrogen and oxygen atoms in total. The average molecular weight is 359 g/mol. The normalized spacial score (nSPS) is 14.2. The van der Waals surface area contributed by atoms with Gasteiger partial charge in [0, 0.05) is 11.1 Å². The van der Waals surface area contributed by atoms with Gasteiger partial charge in [0.2, 0.25) is 5.95 Å². The fourth-order valence-electron chi connectivity index (χ4n) is 3.13. The standard InChI is InChI=1S/C20H17N5O2/c21-11-16-17(24-20(23)25-18(16)22)13-7-5-12(6-8-13)14-3-1-2-4-15(14)19-26-9-10-27-19/h1-8,19H,9-10H2,(H4,22,23,24,25). The third-order valence-electron chi connectivity index (χ3n) is 4.37. The van der Waals surface area contributed by atoms with Crippen LogP contribution in [0.4, 0.5) is 11.8 Å². The fraction of sp³-hybridized carbons (Fsp3) is 0.150. The summed E-state index contributed by atoms with van der Waals surface area (Å²) in [5.74, 6) is 0.108. The molecule has 134 valence electrons. The van der Waals surface area contributed by atoms with Crippen molar-refractivity contribution in [2.24, 2.45) is 0 Å². The van der Waals surface area contributed by atoms with Crippen LogP contribution in [0.3, 0.4) is 0 Å². The zero-order valence-electron chi connectivity index (χ0n) is 14.4. The van der Waals surface area contributed by atoms with Crippen LogP contribution in [-0.4, -0.2) is 23.2 Å². The van der Waals surface area contributed by atoms with Crippen molar-refractivity contribution in [3.05, 3.63) is 59.7 Å². The predicted octanol–water partition coefficient (Wildman–Crippen LogP) is 2.89. The smallest absolute Gasteiger partial charge is 0.222 e. The van der Waals surface area contributed by atoms with Crippen LogP contribution in [0.2, 0.25) is 0 Å². The van der Waals surface area contributed by atoms with E-state index in [1.807, 2.05) is 54.6 Å². The number of benzene rings is 2. The quantitative estimate of drug-likeness (QED) is 0.737. The number of rotatable bonds is 3. The first kappa shape index (κ1) is 17.0. The second-order valence-electron chi connectivity index (χ2n) is 6.04. The van der Waals surface area contributed by atoms with Gasteiger partial charge in [0.1, 0.15) is 17.5 Å². The molecule has 1 aliphatic rings. The summed E-state index contributed by atoms with van der Waals surface area (Å²) >= 11 is 0. The Labute approximate surface area is 156 Å². The molecular formula is C20H17N5O2. The van der Waals surface area contributed by atoms with E-state index in [0.29, 0.717) is 18.9 Å². The maximum Gasteiger partial charge on any atom is 0.222 e. The number of nitrogens with zero attached hydrogens (tertiary/aromatic N) is 3. The van der Waals surface area contributed by atoms with E-state index in [4.69, 9.17) is 20.9 Å². The molecule has 1 aliphatic heterocycles. The van der Waals surface area contributed by atoms with E-state index in [1.165, 1.54) is 0 Å². The Bertz CT molecular complexity index is 1020. The van der Waals surface area contributed by atoms with E-state index in [-0.39, 0.29) is 23.6 Å². The van der Waals surface area contributed by atoms with Gasteiger partial charge in [-0.05, 0) is 11.1 Å². The summed E-state index contributed by atoms with van der Waals surface area (Å²) in [5, 5.41) is 9.36. The second kappa shape index (κ2) is 7.03. The molecule has 0 spiro atoms. The predicted molar refractivity (Wildman–Crippen MR) is 101 cm³/mol. The first-order valence-electron chi connectivity index (χ1n) is 8.43. The van der Waals surface area contributed by atoms with Gasteiger partial charge in [0.05, 0.1) is 18.9 Å². The van der Waals surface area contributed by atoms with Gasteiger partial charge >= 0.3 is 0 Å². The highest BCUT2D eigenvalue weighted by Gasteiger charge is 2.21. The Morgan fingerprint density at radius 1 is 0.926 bits per heavy atom. The molecule has 2 aromatic carbocycles. The van der Waals surface area contributed by atoms with E-state index in [2.05, 4.69) is 9.97 Å². The lowest BCUT2D eigenvalue weighted by Gasteiger charge is -2.15. The average Bonchev–Trinajstić information content (AvgIpc) is 3.22. The third kappa shape index (κ3) is 3.19. The Balaban J connectivity index is 1.74. The summed E-state index contributed by atoms with van der Waals surface area (Å²) in [7, 11) is 0. The lowest BCUT2D eigenvalue weighted by Crippen LogP contribution is -2.05. The molecule has 1 aromatic heterocycles. The molecule has 0 radical (unpaired) electrons. The van der Waals surface area contributed by atoms with Gasteiger partial charge in [0.15, 0.2) is 6.29 Å². The van der Waals surface area contributed by atoms with Crippen molar-refractivity contribution in [1.29, 1.82) is 5.26 Å². The van der Waals surface area contributed by atoms with Gasteiger partial charge in [-0.15, -0.1) is 0 Å². The number of anilines is 2. The van der Waals surface area contributed by atoms with Crippen LogP contribution in [0.25, 0.3) is 22.4 Å². The summed E-state index contributed by atoms with van der Waals surface area (Å²) in [5.41, 5.74) is 15.9. The number of nitrogen functional groups attached to an aromatic ring is 2. The molecule has 0 saturated carbocycles. The lowest BCUT2D eigenvalue weighted by molar-refractivity contribution is -0.0436. The maximum absolute atomic E-state index is 9.36. The van der Waals surface area contributed by atoms with Gasteiger partial charge in [-0.2, -0.15) is 10.2 Å².